The maximum absolute atomic E-state index is 11.9. The lowest BCUT2D eigenvalue weighted by molar-refractivity contribution is -0.138. The van der Waals surface area contributed by atoms with Gasteiger partial charge in [-0.2, -0.15) is 13.2 Å². The van der Waals surface area contributed by atoms with Gasteiger partial charge in [-0.3, -0.25) is 9.59 Å². The highest BCUT2D eigenvalue weighted by molar-refractivity contribution is 5.97. The summed E-state index contributed by atoms with van der Waals surface area (Å²) in [4.78, 5) is 24.1. The van der Waals surface area contributed by atoms with E-state index in [9.17, 15) is 27.9 Å². The lowest BCUT2D eigenvalue weighted by atomic mass is 10.1. The fraction of sp³-hybridized carbons (Fsp3) is 0.333. The minimum Gasteiger partial charge on any atom is -0.506 e. The number of carbonyl (C=O) groups is 2. The second-order valence-corrected chi connectivity index (χ2v) is 4.33. The van der Waals surface area contributed by atoms with Crippen LogP contribution in [0.2, 0.25) is 0 Å². The molecule has 0 aliphatic carbocycles. The summed E-state index contributed by atoms with van der Waals surface area (Å²) in [6, 6.07) is 3.75. The number of benzene rings is 1. The molecule has 21 heavy (non-hydrogen) atoms. The monoisotopic (exact) mass is 305 g/mol. The van der Waals surface area contributed by atoms with Crippen LogP contribution in [0.5, 0.6) is 5.75 Å². The predicted molar refractivity (Wildman–Crippen MR) is 68.5 cm³/mol. The molecule has 4 N–H and O–H groups in total. The Kier molecular flexibility index (Phi) is 5.01. The number of anilines is 1. The van der Waals surface area contributed by atoms with E-state index in [2.05, 4.69) is 0 Å². The number of phenols is 1. The van der Waals surface area contributed by atoms with Crippen molar-refractivity contribution >= 4 is 17.5 Å². The zero-order chi connectivity index (χ0) is 16.2. The number of nitrogens with zero attached hydrogens (tertiary/aromatic N) is 1. The molecule has 0 unspecified atom stereocenters. The zero-order valence-corrected chi connectivity index (χ0v) is 11.1. The van der Waals surface area contributed by atoms with Crippen molar-refractivity contribution in [2.75, 3.05) is 25.9 Å². The molecule has 1 aromatic rings. The Balaban J connectivity index is 2.62. The van der Waals surface area contributed by atoms with Crippen LogP contribution in [0.4, 0.5) is 18.9 Å². The molecule has 0 aromatic heterocycles. The van der Waals surface area contributed by atoms with E-state index in [0.29, 0.717) is 0 Å². The Hall–Kier alpha value is -2.45. The van der Waals surface area contributed by atoms with Gasteiger partial charge in [-0.25, -0.2) is 0 Å². The van der Waals surface area contributed by atoms with Crippen LogP contribution in [0.3, 0.4) is 0 Å². The van der Waals surface area contributed by atoms with Gasteiger partial charge in [-0.15, -0.1) is 0 Å². The number of nitrogens with two attached hydrogens (primary N) is 1. The van der Waals surface area contributed by atoms with Crippen molar-refractivity contribution in [1.82, 2.24) is 10.2 Å². The second kappa shape index (κ2) is 6.33. The molecular weight excluding hydrogens is 291 g/mol. The van der Waals surface area contributed by atoms with E-state index >= 15 is 0 Å². The molecule has 6 nitrogen and oxygen atoms in total. The van der Waals surface area contributed by atoms with Gasteiger partial charge in [0.15, 0.2) is 0 Å². The van der Waals surface area contributed by atoms with Crippen molar-refractivity contribution in [3.8, 4) is 5.75 Å². The molecule has 0 fully saturated rings. The SMILES string of the molecule is CN(CC(=O)NCC(F)(F)F)C(=O)c1ccc(N)c(O)c1. The van der Waals surface area contributed by atoms with Gasteiger partial charge in [-0.1, -0.05) is 0 Å². The normalized spacial score (nSPS) is 11.0. The van der Waals surface area contributed by atoms with Crippen LogP contribution in [0.15, 0.2) is 18.2 Å². The molecule has 2 amide bonds. The largest absolute Gasteiger partial charge is 0.506 e. The number of alkyl halides is 3. The average Bonchev–Trinajstić information content (AvgIpc) is 2.38. The van der Waals surface area contributed by atoms with E-state index in [1.54, 1.807) is 5.32 Å². The highest BCUT2D eigenvalue weighted by Gasteiger charge is 2.28. The molecule has 116 valence electrons. The van der Waals surface area contributed by atoms with Crippen molar-refractivity contribution in [3.05, 3.63) is 23.8 Å². The maximum Gasteiger partial charge on any atom is 0.405 e. The predicted octanol–water partition coefficient (Wildman–Crippen LogP) is 0.725. The van der Waals surface area contributed by atoms with Crippen molar-refractivity contribution in [1.29, 1.82) is 0 Å². The quantitative estimate of drug-likeness (QED) is 0.564. The summed E-state index contributed by atoms with van der Waals surface area (Å²) < 4.78 is 35.8. The van der Waals surface area contributed by atoms with Crippen molar-refractivity contribution in [2.24, 2.45) is 0 Å². The lowest BCUT2D eigenvalue weighted by Crippen LogP contribution is -2.41. The first-order valence-electron chi connectivity index (χ1n) is 5.77. The molecule has 1 rings (SSSR count). The molecule has 0 saturated heterocycles. The molecule has 9 heteroatoms. The van der Waals surface area contributed by atoms with E-state index in [-0.39, 0.29) is 17.0 Å². The molecule has 0 radical (unpaired) electrons. The molecule has 0 bridgehead atoms. The first kappa shape index (κ1) is 16.6. The number of halogens is 3. The molecular formula is C12H14F3N3O3. The number of phenolic OH excluding ortho intramolecular Hbond substituents is 1. The van der Waals surface area contributed by atoms with Crippen molar-refractivity contribution in [2.45, 2.75) is 6.18 Å². The van der Waals surface area contributed by atoms with Crippen LogP contribution in [0.25, 0.3) is 0 Å². The molecule has 0 heterocycles. The number of aromatic hydroxyl groups is 1. The summed E-state index contributed by atoms with van der Waals surface area (Å²) in [6.07, 6.45) is -4.51. The third-order valence-electron chi connectivity index (χ3n) is 2.49. The van der Waals surface area contributed by atoms with E-state index in [4.69, 9.17) is 5.73 Å². The van der Waals surface area contributed by atoms with Gasteiger partial charge >= 0.3 is 6.18 Å². The van der Waals surface area contributed by atoms with Gasteiger partial charge in [0, 0.05) is 12.6 Å². The topological polar surface area (TPSA) is 95.7 Å². The summed E-state index contributed by atoms with van der Waals surface area (Å²) in [5.74, 6) is -1.87. The highest BCUT2D eigenvalue weighted by Crippen LogP contribution is 2.21. The smallest absolute Gasteiger partial charge is 0.405 e. The van der Waals surface area contributed by atoms with Gasteiger partial charge in [0.2, 0.25) is 5.91 Å². The third kappa shape index (κ3) is 5.21. The molecule has 1 aromatic carbocycles. The van der Waals surface area contributed by atoms with E-state index in [1.807, 2.05) is 0 Å². The number of nitrogen functional groups attached to an aromatic ring is 1. The molecule has 0 aliphatic rings. The number of nitrogens with one attached hydrogen (secondary N) is 1. The number of rotatable bonds is 4. The molecule has 0 saturated carbocycles. The van der Waals surface area contributed by atoms with Crippen LogP contribution in [0, 0.1) is 0 Å². The van der Waals surface area contributed by atoms with Crippen molar-refractivity contribution < 1.29 is 27.9 Å². The third-order valence-corrected chi connectivity index (χ3v) is 2.49. The Morgan fingerprint density at radius 1 is 1.38 bits per heavy atom. The van der Waals surface area contributed by atoms with Gasteiger partial charge in [0.1, 0.15) is 12.3 Å². The summed E-state index contributed by atoms with van der Waals surface area (Å²) in [5, 5.41) is 11.0. The Bertz CT molecular complexity index is 546. The first-order chi connectivity index (χ1) is 9.60. The van der Waals surface area contributed by atoms with Crippen LogP contribution in [-0.2, 0) is 4.79 Å². The second-order valence-electron chi connectivity index (χ2n) is 4.33. The van der Waals surface area contributed by atoms with Gasteiger partial charge in [-0.05, 0) is 18.2 Å². The highest BCUT2D eigenvalue weighted by atomic mass is 19.4. The van der Waals surface area contributed by atoms with E-state index in [0.717, 1.165) is 11.0 Å². The van der Waals surface area contributed by atoms with Crippen molar-refractivity contribution in [3.63, 3.8) is 0 Å². The molecule has 0 spiro atoms. The van der Waals surface area contributed by atoms with Crippen LogP contribution < -0.4 is 11.1 Å². The molecule has 0 aliphatic heterocycles. The number of hydrogen-bond donors (Lipinski definition) is 3. The van der Waals surface area contributed by atoms with Gasteiger partial charge < -0.3 is 21.1 Å². The summed E-state index contributed by atoms with van der Waals surface area (Å²) in [5.41, 5.74) is 5.52. The molecule has 0 atom stereocenters. The van der Waals surface area contributed by atoms with E-state index < -0.39 is 31.1 Å². The maximum atomic E-state index is 11.9. The minimum absolute atomic E-state index is 0.0628. The Morgan fingerprint density at radius 3 is 2.52 bits per heavy atom. The van der Waals surface area contributed by atoms with Crippen LogP contribution in [0.1, 0.15) is 10.4 Å². The summed E-state index contributed by atoms with van der Waals surface area (Å²) in [6.45, 7) is -2.00. The van der Waals surface area contributed by atoms with Crippen LogP contribution >= 0.6 is 0 Å². The fourth-order valence-electron chi connectivity index (χ4n) is 1.44. The number of likely N-dealkylation sites (N-methyl/N-ethyl adjacent to an activating group) is 1. The average molecular weight is 305 g/mol. The van der Waals surface area contributed by atoms with Crippen LogP contribution in [-0.4, -0.2) is 48.1 Å². The zero-order valence-electron chi connectivity index (χ0n) is 11.1. The fourth-order valence-corrected chi connectivity index (χ4v) is 1.44. The standard InChI is InChI=1S/C12H14F3N3O3/c1-18(5-10(20)17-6-12(13,14)15)11(21)7-2-3-8(16)9(19)4-7/h2-4,19H,5-6,16H2,1H3,(H,17,20). The number of amides is 2. The van der Waals surface area contributed by atoms with Gasteiger partial charge in [0.25, 0.3) is 5.91 Å². The Morgan fingerprint density at radius 2 is 2.00 bits per heavy atom. The first-order valence-corrected chi connectivity index (χ1v) is 5.77. The minimum atomic E-state index is -4.51. The number of hydrogen-bond acceptors (Lipinski definition) is 4. The lowest BCUT2D eigenvalue weighted by Gasteiger charge is -2.17. The Labute approximate surface area is 118 Å². The number of carbonyl (C=O) groups excluding carboxylic acids is 2. The van der Waals surface area contributed by atoms with E-state index in [1.165, 1.54) is 19.2 Å². The summed E-state index contributed by atoms with van der Waals surface area (Å²) >= 11 is 0. The summed E-state index contributed by atoms with van der Waals surface area (Å²) in [7, 11) is 1.25. The van der Waals surface area contributed by atoms with Gasteiger partial charge in [0.05, 0.1) is 12.2 Å².